The van der Waals surface area contributed by atoms with Gasteiger partial charge in [0, 0.05) is 19.7 Å². The number of nitrogens with two attached hydrogens (primary N) is 1. The normalized spacial score (nSPS) is 10.1. The van der Waals surface area contributed by atoms with Crippen molar-refractivity contribution in [2.45, 2.75) is 19.4 Å². The Kier molecular flexibility index (Phi) is 4.12. The van der Waals surface area contributed by atoms with Crippen molar-refractivity contribution in [2.75, 3.05) is 6.54 Å². The molecule has 0 bridgehead atoms. The fraction of sp³-hybridized carbons (Fsp3) is 0.556. The number of aryl methyl sites for hydroxylation is 1. The molecule has 0 atom stereocenters. The highest BCUT2D eigenvalue weighted by atomic mass is 16.1. The van der Waals surface area contributed by atoms with Gasteiger partial charge in [-0.25, -0.2) is 0 Å². The first kappa shape index (κ1) is 10.7. The van der Waals surface area contributed by atoms with Crippen molar-refractivity contribution in [1.29, 1.82) is 0 Å². The van der Waals surface area contributed by atoms with E-state index in [0.717, 1.165) is 12.1 Å². The van der Waals surface area contributed by atoms with Gasteiger partial charge in [0.2, 0.25) is 5.91 Å². The van der Waals surface area contributed by atoms with Gasteiger partial charge in [-0.2, -0.15) is 5.10 Å². The summed E-state index contributed by atoms with van der Waals surface area (Å²) in [7, 11) is 1.85. The van der Waals surface area contributed by atoms with Crippen LogP contribution >= 0.6 is 0 Å². The summed E-state index contributed by atoms with van der Waals surface area (Å²) < 4.78 is 1.71. The fourth-order valence-electron chi connectivity index (χ4n) is 1.10. The van der Waals surface area contributed by atoms with Crippen LogP contribution in [0.1, 0.15) is 18.5 Å². The van der Waals surface area contributed by atoms with E-state index in [1.54, 1.807) is 4.68 Å². The number of carbonyl (C=O) groups excluding carboxylic acids is 1. The number of hydrogen-bond donors (Lipinski definition) is 2. The molecular weight excluding hydrogens is 180 g/mol. The van der Waals surface area contributed by atoms with Gasteiger partial charge in [0.1, 0.15) is 0 Å². The zero-order valence-electron chi connectivity index (χ0n) is 8.36. The minimum atomic E-state index is 0.0288. The van der Waals surface area contributed by atoms with Crippen molar-refractivity contribution in [3.05, 3.63) is 18.0 Å². The van der Waals surface area contributed by atoms with Crippen LogP contribution in [0.2, 0.25) is 0 Å². The molecule has 14 heavy (non-hydrogen) atoms. The molecule has 5 nitrogen and oxygen atoms in total. The first-order valence-electron chi connectivity index (χ1n) is 4.67. The van der Waals surface area contributed by atoms with Crippen LogP contribution in [0.5, 0.6) is 0 Å². The molecule has 0 aliphatic heterocycles. The Labute approximate surface area is 83.3 Å². The van der Waals surface area contributed by atoms with Crippen molar-refractivity contribution in [2.24, 2.45) is 12.8 Å². The third-order valence-corrected chi connectivity index (χ3v) is 1.84. The maximum Gasteiger partial charge on any atom is 0.220 e. The van der Waals surface area contributed by atoms with E-state index in [2.05, 4.69) is 10.4 Å². The summed E-state index contributed by atoms with van der Waals surface area (Å²) in [6.45, 7) is 1.04. The standard InChI is InChI=1S/C9H16N4O/c1-13-6-4-8(12-13)7-11-9(14)3-2-5-10/h4,6H,2-3,5,7,10H2,1H3,(H,11,14). The smallest absolute Gasteiger partial charge is 0.220 e. The van der Waals surface area contributed by atoms with Gasteiger partial charge in [0.05, 0.1) is 12.2 Å². The van der Waals surface area contributed by atoms with E-state index < -0.39 is 0 Å². The van der Waals surface area contributed by atoms with E-state index in [9.17, 15) is 4.79 Å². The van der Waals surface area contributed by atoms with E-state index in [1.807, 2.05) is 19.3 Å². The van der Waals surface area contributed by atoms with Crippen LogP contribution in [0.4, 0.5) is 0 Å². The van der Waals surface area contributed by atoms with Gasteiger partial charge >= 0.3 is 0 Å². The van der Waals surface area contributed by atoms with Gasteiger partial charge in [-0.3, -0.25) is 9.48 Å². The Morgan fingerprint density at radius 3 is 3.07 bits per heavy atom. The predicted molar refractivity (Wildman–Crippen MR) is 53.3 cm³/mol. The molecule has 0 aliphatic rings. The van der Waals surface area contributed by atoms with Crippen LogP contribution in [0.15, 0.2) is 12.3 Å². The average Bonchev–Trinajstić information content (AvgIpc) is 2.58. The highest BCUT2D eigenvalue weighted by Crippen LogP contribution is 1.94. The molecule has 0 radical (unpaired) electrons. The first-order valence-corrected chi connectivity index (χ1v) is 4.67. The molecule has 78 valence electrons. The van der Waals surface area contributed by atoms with Crippen molar-refractivity contribution in [3.63, 3.8) is 0 Å². The van der Waals surface area contributed by atoms with Gasteiger partial charge in [-0.1, -0.05) is 0 Å². The third kappa shape index (κ3) is 3.57. The Balaban J connectivity index is 2.23. The van der Waals surface area contributed by atoms with Crippen molar-refractivity contribution in [3.8, 4) is 0 Å². The van der Waals surface area contributed by atoms with Crippen LogP contribution in [0.3, 0.4) is 0 Å². The van der Waals surface area contributed by atoms with Gasteiger partial charge in [0.25, 0.3) is 0 Å². The molecule has 1 rings (SSSR count). The predicted octanol–water partition coefficient (Wildman–Crippen LogP) is -0.225. The Morgan fingerprint density at radius 2 is 2.50 bits per heavy atom. The van der Waals surface area contributed by atoms with Crippen molar-refractivity contribution in [1.82, 2.24) is 15.1 Å². The van der Waals surface area contributed by atoms with Gasteiger partial charge in [-0.05, 0) is 19.0 Å². The Morgan fingerprint density at radius 1 is 1.71 bits per heavy atom. The maximum absolute atomic E-state index is 11.2. The molecule has 1 amide bonds. The lowest BCUT2D eigenvalue weighted by molar-refractivity contribution is -0.121. The van der Waals surface area contributed by atoms with E-state index in [0.29, 0.717) is 19.5 Å². The van der Waals surface area contributed by atoms with Crippen molar-refractivity contribution >= 4 is 5.91 Å². The molecule has 1 heterocycles. The Hall–Kier alpha value is -1.36. The molecule has 5 heteroatoms. The fourth-order valence-corrected chi connectivity index (χ4v) is 1.10. The number of amides is 1. The first-order chi connectivity index (χ1) is 6.72. The molecule has 1 aromatic rings. The third-order valence-electron chi connectivity index (χ3n) is 1.84. The van der Waals surface area contributed by atoms with E-state index >= 15 is 0 Å². The molecule has 0 saturated carbocycles. The van der Waals surface area contributed by atoms with E-state index in [4.69, 9.17) is 5.73 Å². The van der Waals surface area contributed by atoms with Gasteiger partial charge in [-0.15, -0.1) is 0 Å². The molecular formula is C9H16N4O. The second-order valence-electron chi connectivity index (χ2n) is 3.15. The molecule has 1 aromatic heterocycles. The summed E-state index contributed by atoms with van der Waals surface area (Å²) in [4.78, 5) is 11.2. The summed E-state index contributed by atoms with van der Waals surface area (Å²) >= 11 is 0. The van der Waals surface area contributed by atoms with Gasteiger partial charge in [0.15, 0.2) is 0 Å². The molecule has 0 unspecified atom stereocenters. The lowest BCUT2D eigenvalue weighted by Crippen LogP contribution is -2.23. The van der Waals surface area contributed by atoms with E-state index in [1.165, 1.54) is 0 Å². The highest BCUT2D eigenvalue weighted by molar-refractivity contribution is 5.75. The summed E-state index contributed by atoms with van der Waals surface area (Å²) in [5.41, 5.74) is 6.16. The second kappa shape index (κ2) is 5.39. The van der Waals surface area contributed by atoms with Crippen LogP contribution in [0, 0.1) is 0 Å². The topological polar surface area (TPSA) is 72.9 Å². The number of hydrogen-bond acceptors (Lipinski definition) is 3. The molecule has 0 aliphatic carbocycles. The lowest BCUT2D eigenvalue weighted by Gasteiger charge is -2.01. The summed E-state index contributed by atoms with van der Waals surface area (Å²) in [6, 6.07) is 1.88. The number of aromatic nitrogens is 2. The molecule has 0 aromatic carbocycles. The largest absolute Gasteiger partial charge is 0.350 e. The summed E-state index contributed by atoms with van der Waals surface area (Å²) in [6.07, 6.45) is 3.07. The second-order valence-corrected chi connectivity index (χ2v) is 3.15. The van der Waals surface area contributed by atoms with Crippen LogP contribution in [-0.4, -0.2) is 22.2 Å². The number of carbonyl (C=O) groups is 1. The number of nitrogens with zero attached hydrogens (tertiary/aromatic N) is 2. The van der Waals surface area contributed by atoms with Crippen LogP contribution in [0.25, 0.3) is 0 Å². The monoisotopic (exact) mass is 196 g/mol. The summed E-state index contributed by atoms with van der Waals surface area (Å²) in [5, 5.41) is 6.92. The van der Waals surface area contributed by atoms with Crippen LogP contribution in [-0.2, 0) is 18.4 Å². The number of nitrogens with one attached hydrogen (secondary N) is 1. The minimum Gasteiger partial charge on any atom is -0.350 e. The number of rotatable bonds is 5. The van der Waals surface area contributed by atoms with Gasteiger partial charge < -0.3 is 11.1 Å². The van der Waals surface area contributed by atoms with Crippen molar-refractivity contribution < 1.29 is 4.79 Å². The maximum atomic E-state index is 11.2. The molecule has 3 N–H and O–H groups in total. The molecule has 0 saturated heterocycles. The molecule has 0 fully saturated rings. The highest BCUT2D eigenvalue weighted by Gasteiger charge is 2.01. The van der Waals surface area contributed by atoms with E-state index in [-0.39, 0.29) is 5.91 Å². The SMILES string of the molecule is Cn1ccc(CNC(=O)CCCN)n1. The Bertz CT molecular complexity index is 295. The zero-order chi connectivity index (χ0) is 10.4. The average molecular weight is 196 g/mol. The zero-order valence-corrected chi connectivity index (χ0v) is 8.36. The minimum absolute atomic E-state index is 0.0288. The van der Waals surface area contributed by atoms with Crippen LogP contribution < -0.4 is 11.1 Å². The quantitative estimate of drug-likeness (QED) is 0.683. The summed E-state index contributed by atoms with van der Waals surface area (Å²) in [5.74, 6) is 0.0288. The lowest BCUT2D eigenvalue weighted by atomic mass is 10.3. The molecule has 0 spiro atoms.